The zero-order valence-electron chi connectivity index (χ0n) is 25.6. The fourth-order valence-corrected chi connectivity index (χ4v) is 10.0. The minimum absolute atomic E-state index is 0.984. The molecule has 0 spiro atoms. The van der Waals surface area contributed by atoms with Gasteiger partial charge in [-0.15, -0.1) is 11.3 Å². The standard InChI is InChI=1S/C43H25N3S2/c1-3-13-26(14-4-1)32-25-37-39(31-19-9-12-22-36(31)47-37)40-42(32)48-43(44-40)46-34-21-11-8-18-30(34)38-35(46)24-23-29-28-17-7-10-20-33(28)45(41(29)38)27-15-5-2-6-16-27/h1-25H. The Balaban J connectivity index is 1.30. The Morgan fingerprint density at radius 2 is 1.12 bits per heavy atom. The molecule has 0 aliphatic rings. The van der Waals surface area contributed by atoms with Gasteiger partial charge in [-0.25, -0.2) is 4.98 Å². The van der Waals surface area contributed by atoms with Crippen LogP contribution in [-0.4, -0.2) is 14.1 Å². The summed E-state index contributed by atoms with van der Waals surface area (Å²) in [7, 11) is 0. The number of benzene rings is 7. The number of rotatable bonds is 3. The minimum atomic E-state index is 0.984. The van der Waals surface area contributed by atoms with Gasteiger partial charge in [-0.3, -0.25) is 4.57 Å². The van der Waals surface area contributed by atoms with Crippen LogP contribution >= 0.6 is 22.7 Å². The van der Waals surface area contributed by atoms with Crippen molar-refractivity contribution in [3.05, 3.63) is 152 Å². The zero-order valence-corrected chi connectivity index (χ0v) is 27.2. The van der Waals surface area contributed by atoms with Crippen LogP contribution in [0.1, 0.15) is 0 Å². The van der Waals surface area contributed by atoms with Gasteiger partial charge >= 0.3 is 0 Å². The van der Waals surface area contributed by atoms with Gasteiger partial charge in [0.05, 0.1) is 32.3 Å². The van der Waals surface area contributed by atoms with E-state index in [1.165, 1.54) is 68.6 Å². The van der Waals surface area contributed by atoms with Gasteiger partial charge in [-0.1, -0.05) is 121 Å². The monoisotopic (exact) mass is 647 g/mol. The molecule has 11 rings (SSSR count). The lowest BCUT2D eigenvalue weighted by Crippen LogP contribution is -1.94. The molecule has 7 aromatic carbocycles. The van der Waals surface area contributed by atoms with Crippen molar-refractivity contribution in [3.8, 4) is 21.9 Å². The average Bonchev–Trinajstić information content (AvgIpc) is 3.90. The second-order valence-electron chi connectivity index (χ2n) is 12.3. The largest absolute Gasteiger partial charge is 0.309 e. The van der Waals surface area contributed by atoms with Crippen LogP contribution in [0.5, 0.6) is 0 Å². The molecule has 0 N–H and O–H groups in total. The molecule has 0 fully saturated rings. The summed E-state index contributed by atoms with van der Waals surface area (Å²) in [5.74, 6) is 0. The summed E-state index contributed by atoms with van der Waals surface area (Å²) in [6.45, 7) is 0. The van der Waals surface area contributed by atoms with Gasteiger partial charge in [-0.05, 0) is 48.0 Å². The molecule has 0 unspecified atom stereocenters. The van der Waals surface area contributed by atoms with E-state index in [-0.39, 0.29) is 0 Å². The van der Waals surface area contributed by atoms with Crippen molar-refractivity contribution in [1.29, 1.82) is 0 Å². The van der Waals surface area contributed by atoms with E-state index >= 15 is 0 Å². The quantitative estimate of drug-likeness (QED) is 0.187. The number of fused-ring (bicyclic) bond motifs is 12. The van der Waals surface area contributed by atoms with E-state index in [4.69, 9.17) is 4.98 Å². The maximum atomic E-state index is 5.58. The van der Waals surface area contributed by atoms with Crippen molar-refractivity contribution < 1.29 is 0 Å². The first-order chi connectivity index (χ1) is 23.8. The Morgan fingerprint density at radius 1 is 0.458 bits per heavy atom. The number of thiophene rings is 1. The first-order valence-electron chi connectivity index (χ1n) is 16.1. The van der Waals surface area contributed by atoms with Crippen molar-refractivity contribution in [3.63, 3.8) is 0 Å². The highest BCUT2D eigenvalue weighted by molar-refractivity contribution is 7.26. The predicted octanol–water partition coefficient (Wildman–Crippen LogP) is 12.5. The molecule has 3 nitrogen and oxygen atoms in total. The molecule has 0 bridgehead atoms. The van der Waals surface area contributed by atoms with Gasteiger partial charge < -0.3 is 4.57 Å². The Bertz CT molecular complexity index is 3050. The Kier molecular flexibility index (Phi) is 5.42. The summed E-state index contributed by atoms with van der Waals surface area (Å²) >= 11 is 3.65. The van der Waals surface area contributed by atoms with Crippen LogP contribution in [0.3, 0.4) is 0 Å². The van der Waals surface area contributed by atoms with Crippen molar-refractivity contribution >= 4 is 96.7 Å². The van der Waals surface area contributed by atoms with Crippen LogP contribution in [-0.2, 0) is 0 Å². The third-order valence-corrected chi connectivity index (χ3v) is 11.9. The van der Waals surface area contributed by atoms with E-state index in [1.54, 1.807) is 11.3 Å². The molecular weight excluding hydrogens is 623 g/mol. The van der Waals surface area contributed by atoms with Crippen LogP contribution in [0.25, 0.3) is 95.9 Å². The normalized spacial score (nSPS) is 12.2. The Labute approximate surface area is 283 Å². The molecule has 0 saturated carbocycles. The molecule has 4 aromatic heterocycles. The van der Waals surface area contributed by atoms with Crippen LogP contribution in [0.4, 0.5) is 0 Å². The molecule has 0 saturated heterocycles. The molecule has 5 heteroatoms. The van der Waals surface area contributed by atoms with E-state index < -0.39 is 0 Å². The molecule has 11 aromatic rings. The van der Waals surface area contributed by atoms with Crippen LogP contribution in [0, 0.1) is 0 Å². The predicted molar refractivity (Wildman–Crippen MR) is 207 cm³/mol. The minimum Gasteiger partial charge on any atom is -0.309 e. The summed E-state index contributed by atoms with van der Waals surface area (Å²) in [4.78, 5) is 5.58. The van der Waals surface area contributed by atoms with E-state index in [2.05, 4.69) is 161 Å². The first-order valence-corrected chi connectivity index (χ1v) is 17.8. The van der Waals surface area contributed by atoms with Crippen molar-refractivity contribution in [2.75, 3.05) is 0 Å². The molecule has 0 radical (unpaired) electrons. The second-order valence-corrected chi connectivity index (χ2v) is 14.4. The number of nitrogens with zero attached hydrogens (tertiary/aromatic N) is 3. The second kappa shape index (κ2) is 9.88. The van der Waals surface area contributed by atoms with Gasteiger partial charge in [0.1, 0.15) is 0 Å². The fourth-order valence-electron chi connectivity index (χ4n) is 7.76. The summed E-state index contributed by atoms with van der Waals surface area (Å²) in [5, 5.41) is 8.50. The number of hydrogen-bond donors (Lipinski definition) is 0. The third-order valence-electron chi connectivity index (χ3n) is 9.76. The SMILES string of the molecule is c1ccc(-c2cc3sc4ccccc4c3c3nc(-n4c5ccccc5c5c4ccc4c6ccccc6n(-c6ccccc6)c45)sc23)cc1. The van der Waals surface area contributed by atoms with Gasteiger partial charge in [0.15, 0.2) is 5.13 Å². The lowest BCUT2D eigenvalue weighted by molar-refractivity contribution is 1.15. The van der Waals surface area contributed by atoms with E-state index in [9.17, 15) is 0 Å². The third kappa shape index (κ3) is 3.55. The molecule has 4 heterocycles. The molecule has 48 heavy (non-hydrogen) atoms. The highest BCUT2D eigenvalue weighted by atomic mass is 32.1. The highest BCUT2D eigenvalue weighted by Crippen LogP contribution is 2.47. The van der Waals surface area contributed by atoms with Crippen LogP contribution in [0.2, 0.25) is 0 Å². The van der Waals surface area contributed by atoms with E-state index in [0.717, 1.165) is 27.4 Å². The maximum Gasteiger partial charge on any atom is 0.195 e. The lowest BCUT2D eigenvalue weighted by atomic mass is 10.0. The number of thiazole rings is 1. The molecule has 224 valence electrons. The first kappa shape index (κ1) is 26.3. The number of aromatic nitrogens is 3. The van der Waals surface area contributed by atoms with Gasteiger partial charge in [-0.2, -0.15) is 0 Å². The molecule has 0 aliphatic heterocycles. The van der Waals surface area contributed by atoms with Crippen LogP contribution in [0.15, 0.2) is 152 Å². The van der Waals surface area contributed by atoms with Gasteiger partial charge in [0, 0.05) is 53.0 Å². The smallest absolute Gasteiger partial charge is 0.195 e. The maximum absolute atomic E-state index is 5.58. The lowest BCUT2D eigenvalue weighted by Gasteiger charge is -2.09. The molecule has 0 atom stereocenters. The zero-order chi connectivity index (χ0) is 31.3. The van der Waals surface area contributed by atoms with E-state index in [0.29, 0.717) is 0 Å². The summed E-state index contributed by atoms with van der Waals surface area (Å²) < 4.78 is 8.63. The van der Waals surface area contributed by atoms with Crippen molar-refractivity contribution in [2.24, 2.45) is 0 Å². The number of hydrogen-bond acceptors (Lipinski definition) is 3. The van der Waals surface area contributed by atoms with Gasteiger partial charge in [0.25, 0.3) is 0 Å². The molecule has 0 amide bonds. The number of para-hydroxylation sites is 3. The van der Waals surface area contributed by atoms with Crippen molar-refractivity contribution in [1.82, 2.24) is 14.1 Å². The average molecular weight is 648 g/mol. The Hall–Kier alpha value is -5.75. The fraction of sp³-hybridized carbons (Fsp3) is 0. The molecular formula is C43H25N3S2. The van der Waals surface area contributed by atoms with Gasteiger partial charge in [0.2, 0.25) is 0 Å². The van der Waals surface area contributed by atoms with Crippen molar-refractivity contribution in [2.45, 2.75) is 0 Å². The van der Waals surface area contributed by atoms with E-state index in [1.807, 2.05) is 11.3 Å². The highest BCUT2D eigenvalue weighted by Gasteiger charge is 2.24. The summed E-state index contributed by atoms with van der Waals surface area (Å²) in [5.41, 5.74) is 9.46. The summed E-state index contributed by atoms with van der Waals surface area (Å²) in [6.07, 6.45) is 0. The molecule has 0 aliphatic carbocycles. The Morgan fingerprint density at radius 3 is 1.94 bits per heavy atom. The van der Waals surface area contributed by atoms with Crippen LogP contribution < -0.4 is 0 Å². The summed E-state index contributed by atoms with van der Waals surface area (Å²) in [6, 6.07) is 54.9. The topological polar surface area (TPSA) is 22.8 Å².